The predicted octanol–water partition coefficient (Wildman–Crippen LogP) is 1.58. The molecule has 64 valence electrons. The lowest BCUT2D eigenvalue weighted by atomic mass is 9.94. The molecule has 1 atom stereocenters. The molecule has 0 fully saturated rings. The van der Waals surface area contributed by atoms with Crippen LogP contribution in [0, 0.1) is 11.3 Å². The molecular weight excluding hydrogens is 168 g/mol. The van der Waals surface area contributed by atoms with Crippen molar-refractivity contribution in [3.05, 3.63) is 17.8 Å². The maximum absolute atomic E-state index is 11.6. The summed E-state index contributed by atoms with van der Waals surface area (Å²) in [6.45, 7) is 1.45. The predicted molar refractivity (Wildman–Crippen MR) is 43.7 cm³/mol. The number of carbonyl (C=O) groups excluding carboxylic acids is 1. The second-order valence-corrected chi connectivity index (χ2v) is 2.95. The minimum atomic E-state index is -1.35. The van der Waals surface area contributed by atoms with Gasteiger partial charge in [0.2, 0.25) is 11.3 Å². The molecule has 2 heterocycles. The van der Waals surface area contributed by atoms with Crippen molar-refractivity contribution in [3.63, 3.8) is 0 Å². The van der Waals surface area contributed by atoms with E-state index in [0.717, 1.165) is 0 Å². The first kappa shape index (κ1) is 7.68. The molecule has 2 rings (SSSR count). The Balaban J connectivity index is 2.61. The van der Waals surface area contributed by atoms with Crippen molar-refractivity contribution >= 4 is 11.6 Å². The van der Waals surface area contributed by atoms with Crippen LogP contribution in [0.1, 0.15) is 17.3 Å². The zero-order valence-corrected chi connectivity index (χ0v) is 6.90. The number of aromatic amines is 1. The number of Topliss-reactive ketones (excluding diaryl/α,β-unsaturated/α-hetero) is 1. The van der Waals surface area contributed by atoms with Gasteiger partial charge in [-0.15, -0.1) is 5.11 Å². The van der Waals surface area contributed by atoms with Crippen LogP contribution in [-0.2, 0) is 0 Å². The molecule has 1 aliphatic heterocycles. The Bertz CT molecular complexity index is 439. The molecule has 1 aliphatic rings. The van der Waals surface area contributed by atoms with Crippen molar-refractivity contribution in [3.8, 4) is 6.07 Å². The van der Waals surface area contributed by atoms with Crippen molar-refractivity contribution < 1.29 is 4.79 Å². The number of hydrogen-bond donors (Lipinski definition) is 1. The molecule has 5 nitrogen and oxygen atoms in total. The van der Waals surface area contributed by atoms with E-state index in [4.69, 9.17) is 5.26 Å². The third kappa shape index (κ3) is 0.888. The highest BCUT2D eigenvalue weighted by molar-refractivity contribution is 6.08. The van der Waals surface area contributed by atoms with Gasteiger partial charge in [0.15, 0.2) is 5.82 Å². The van der Waals surface area contributed by atoms with Gasteiger partial charge in [0.05, 0.1) is 5.56 Å². The number of azo groups is 1. The summed E-state index contributed by atoms with van der Waals surface area (Å²) in [4.78, 5) is 14.4. The number of aromatic nitrogens is 1. The van der Waals surface area contributed by atoms with Gasteiger partial charge in [-0.05, 0) is 13.0 Å². The van der Waals surface area contributed by atoms with E-state index in [9.17, 15) is 4.79 Å². The van der Waals surface area contributed by atoms with E-state index in [2.05, 4.69) is 15.2 Å². The van der Waals surface area contributed by atoms with Crippen LogP contribution in [0.15, 0.2) is 22.5 Å². The Morgan fingerprint density at radius 3 is 3.15 bits per heavy atom. The first-order chi connectivity index (χ1) is 6.17. The number of hydrogen-bond acceptors (Lipinski definition) is 4. The maximum atomic E-state index is 11.6. The lowest BCUT2D eigenvalue weighted by molar-refractivity contribution is 0.0929. The number of nitrogens with zero attached hydrogens (tertiary/aromatic N) is 3. The van der Waals surface area contributed by atoms with E-state index < -0.39 is 5.54 Å². The second kappa shape index (κ2) is 2.26. The number of rotatable bonds is 0. The van der Waals surface area contributed by atoms with E-state index in [-0.39, 0.29) is 5.78 Å². The quantitative estimate of drug-likeness (QED) is 0.647. The third-order valence-corrected chi connectivity index (χ3v) is 1.98. The van der Waals surface area contributed by atoms with Crippen molar-refractivity contribution in [2.45, 2.75) is 12.5 Å². The molecule has 0 saturated carbocycles. The van der Waals surface area contributed by atoms with Crippen molar-refractivity contribution in [2.24, 2.45) is 10.2 Å². The van der Waals surface area contributed by atoms with Crippen molar-refractivity contribution in [1.82, 2.24) is 4.98 Å². The van der Waals surface area contributed by atoms with E-state index in [0.29, 0.717) is 11.4 Å². The fourth-order valence-corrected chi connectivity index (χ4v) is 1.16. The number of H-pyrrole nitrogens is 1. The molecule has 13 heavy (non-hydrogen) atoms. The van der Waals surface area contributed by atoms with Crippen LogP contribution in [0.5, 0.6) is 0 Å². The first-order valence-corrected chi connectivity index (χ1v) is 3.74. The Morgan fingerprint density at radius 1 is 1.69 bits per heavy atom. The largest absolute Gasteiger partial charge is 0.345 e. The SMILES string of the molecule is CC1(C#N)N=Nc2[nH]ccc2C1=O. The van der Waals surface area contributed by atoms with E-state index in [1.807, 2.05) is 6.07 Å². The molecule has 1 N–H and O–H groups in total. The maximum Gasteiger partial charge on any atom is 0.227 e. The lowest BCUT2D eigenvalue weighted by Gasteiger charge is -2.16. The average Bonchev–Trinajstić information content (AvgIpc) is 2.60. The molecule has 1 aromatic heterocycles. The van der Waals surface area contributed by atoms with Gasteiger partial charge in [-0.1, -0.05) is 0 Å². The van der Waals surface area contributed by atoms with E-state index in [1.165, 1.54) is 6.92 Å². The Labute approximate surface area is 74.1 Å². The number of nitriles is 1. The number of nitrogens with one attached hydrogen (secondary N) is 1. The molecular formula is C8H6N4O. The normalized spacial score (nSPS) is 25.4. The van der Waals surface area contributed by atoms with Crippen LogP contribution >= 0.6 is 0 Å². The smallest absolute Gasteiger partial charge is 0.227 e. The molecule has 0 amide bonds. The van der Waals surface area contributed by atoms with Crippen molar-refractivity contribution in [1.29, 1.82) is 5.26 Å². The van der Waals surface area contributed by atoms with Crippen molar-refractivity contribution in [2.75, 3.05) is 0 Å². The lowest BCUT2D eigenvalue weighted by Crippen LogP contribution is -2.32. The molecule has 0 spiro atoms. The molecule has 0 radical (unpaired) electrons. The molecule has 1 unspecified atom stereocenters. The van der Waals surface area contributed by atoms with E-state index in [1.54, 1.807) is 12.3 Å². The first-order valence-electron chi connectivity index (χ1n) is 3.74. The van der Waals surface area contributed by atoms with Crippen LogP contribution in [0.4, 0.5) is 5.82 Å². The molecule has 0 saturated heterocycles. The minimum absolute atomic E-state index is 0.304. The van der Waals surface area contributed by atoms with Crippen LogP contribution in [-0.4, -0.2) is 16.3 Å². The number of fused-ring (bicyclic) bond motifs is 1. The molecule has 0 aromatic carbocycles. The summed E-state index contributed by atoms with van der Waals surface area (Å²) in [5, 5.41) is 16.2. The standard InChI is InChI=1S/C8H6N4O/c1-8(4-9)6(13)5-2-3-10-7(5)11-12-8/h2-3,10H,1H3. The van der Waals surface area contributed by atoms with Crippen LogP contribution in [0.25, 0.3) is 0 Å². The van der Waals surface area contributed by atoms with E-state index >= 15 is 0 Å². The van der Waals surface area contributed by atoms with Gasteiger partial charge >= 0.3 is 0 Å². The summed E-state index contributed by atoms with van der Waals surface area (Å²) >= 11 is 0. The Morgan fingerprint density at radius 2 is 2.46 bits per heavy atom. The summed E-state index contributed by atoms with van der Waals surface area (Å²) in [5.41, 5.74) is -0.922. The fourth-order valence-electron chi connectivity index (χ4n) is 1.16. The highest BCUT2D eigenvalue weighted by Crippen LogP contribution is 2.30. The Kier molecular flexibility index (Phi) is 1.34. The number of carbonyl (C=O) groups is 1. The molecule has 1 aromatic rings. The molecule has 0 bridgehead atoms. The van der Waals surface area contributed by atoms with Gasteiger partial charge in [0.1, 0.15) is 6.07 Å². The third-order valence-electron chi connectivity index (χ3n) is 1.98. The highest BCUT2D eigenvalue weighted by Gasteiger charge is 2.38. The van der Waals surface area contributed by atoms with Crippen LogP contribution in [0.3, 0.4) is 0 Å². The zero-order valence-electron chi connectivity index (χ0n) is 6.90. The second-order valence-electron chi connectivity index (χ2n) is 2.95. The summed E-state index contributed by atoms with van der Waals surface area (Å²) in [6.07, 6.45) is 1.60. The van der Waals surface area contributed by atoms with Gasteiger partial charge in [-0.25, -0.2) is 0 Å². The summed E-state index contributed by atoms with van der Waals surface area (Å²) < 4.78 is 0. The average molecular weight is 174 g/mol. The summed E-state index contributed by atoms with van der Waals surface area (Å²) in [5.74, 6) is 0.124. The van der Waals surface area contributed by atoms with Crippen LogP contribution < -0.4 is 0 Å². The van der Waals surface area contributed by atoms with Gasteiger partial charge < -0.3 is 4.98 Å². The molecule has 0 aliphatic carbocycles. The van der Waals surface area contributed by atoms with Gasteiger partial charge in [0.25, 0.3) is 0 Å². The molecule has 5 heteroatoms. The van der Waals surface area contributed by atoms with Crippen LogP contribution in [0.2, 0.25) is 0 Å². The van der Waals surface area contributed by atoms with Gasteiger partial charge in [-0.3, -0.25) is 4.79 Å². The van der Waals surface area contributed by atoms with Gasteiger partial charge in [-0.2, -0.15) is 10.4 Å². The monoisotopic (exact) mass is 174 g/mol. The van der Waals surface area contributed by atoms with Gasteiger partial charge in [0, 0.05) is 6.20 Å². The fraction of sp³-hybridized carbons (Fsp3) is 0.250. The zero-order chi connectivity index (χ0) is 9.47. The summed E-state index contributed by atoms with van der Waals surface area (Å²) in [6, 6.07) is 3.44. The Hall–Kier alpha value is -1.96. The summed E-state index contributed by atoms with van der Waals surface area (Å²) in [7, 11) is 0. The highest BCUT2D eigenvalue weighted by atomic mass is 16.1. The number of ketones is 1. The topological polar surface area (TPSA) is 81.4 Å². The minimum Gasteiger partial charge on any atom is -0.345 e.